The Labute approximate surface area is 153 Å². The summed E-state index contributed by atoms with van der Waals surface area (Å²) in [4.78, 5) is 24.2. The molecule has 0 saturated carbocycles. The van der Waals surface area contributed by atoms with Crippen LogP contribution in [0.3, 0.4) is 0 Å². The van der Waals surface area contributed by atoms with E-state index in [1.807, 2.05) is 49.4 Å². The van der Waals surface area contributed by atoms with E-state index in [2.05, 4.69) is 5.32 Å². The monoisotopic (exact) mass is 353 g/mol. The number of hydrogen-bond acceptors (Lipinski definition) is 4. The van der Waals surface area contributed by atoms with Crippen molar-refractivity contribution < 1.29 is 19.1 Å². The molecule has 0 radical (unpaired) electrons. The molecule has 1 N–H and O–H groups in total. The van der Waals surface area contributed by atoms with E-state index in [4.69, 9.17) is 9.47 Å². The topological polar surface area (TPSA) is 64.6 Å². The molecule has 2 aromatic carbocycles. The Kier molecular flexibility index (Phi) is 6.02. The zero-order valence-corrected chi connectivity index (χ0v) is 14.8. The van der Waals surface area contributed by atoms with Crippen molar-refractivity contribution in [3.05, 3.63) is 71.3 Å². The zero-order valence-electron chi connectivity index (χ0n) is 14.8. The van der Waals surface area contributed by atoms with Crippen LogP contribution in [0.25, 0.3) is 0 Å². The molecule has 1 heterocycles. The van der Waals surface area contributed by atoms with Gasteiger partial charge in [-0.1, -0.05) is 48.5 Å². The molecular weight excluding hydrogens is 330 g/mol. The van der Waals surface area contributed by atoms with Crippen molar-refractivity contribution in [2.75, 3.05) is 13.2 Å². The third kappa shape index (κ3) is 4.49. The van der Waals surface area contributed by atoms with Crippen LogP contribution in [0.4, 0.5) is 0 Å². The molecular formula is C21H23NO4. The van der Waals surface area contributed by atoms with E-state index >= 15 is 0 Å². The maximum atomic E-state index is 12.2. The van der Waals surface area contributed by atoms with Crippen molar-refractivity contribution in [2.45, 2.75) is 32.0 Å². The second-order valence-electron chi connectivity index (χ2n) is 6.32. The number of esters is 1. The molecule has 3 rings (SSSR count). The van der Waals surface area contributed by atoms with Gasteiger partial charge in [0.15, 0.2) is 6.10 Å². The van der Waals surface area contributed by atoms with Gasteiger partial charge in [-0.2, -0.15) is 0 Å². The summed E-state index contributed by atoms with van der Waals surface area (Å²) in [6.45, 7) is 3.03. The molecule has 2 atom stereocenters. The van der Waals surface area contributed by atoms with Gasteiger partial charge < -0.3 is 14.8 Å². The van der Waals surface area contributed by atoms with E-state index in [-0.39, 0.29) is 12.0 Å². The Morgan fingerprint density at radius 2 is 1.92 bits per heavy atom. The van der Waals surface area contributed by atoms with Crippen LogP contribution in [-0.2, 0) is 20.7 Å². The van der Waals surface area contributed by atoms with Crippen LogP contribution in [0.5, 0.6) is 0 Å². The van der Waals surface area contributed by atoms with Crippen LogP contribution in [0, 0.1) is 0 Å². The molecule has 1 aliphatic rings. The summed E-state index contributed by atoms with van der Waals surface area (Å²) < 4.78 is 11.0. The minimum absolute atomic E-state index is 0.0164. The third-order valence-electron chi connectivity index (χ3n) is 4.44. The van der Waals surface area contributed by atoms with E-state index in [0.717, 1.165) is 11.1 Å². The molecule has 0 fully saturated rings. The van der Waals surface area contributed by atoms with Crippen LogP contribution >= 0.6 is 0 Å². The normalized spacial score (nSPS) is 17.1. The SMILES string of the molecule is CC(OCCCNC(=O)C1Cc2ccccc2C(=O)O1)c1ccccc1. The predicted molar refractivity (Wildman–Crippen MR) is 97.8 cm³/mol. The molecule has 5 nitrogen and oxygen atoms in total. The molecule has 0 aliphatic carbocycles. The van der Waals surface area contributed by atoms with Gasteiger partial charge in [-0.15, -0.1) is 0 Å². The zero-order chi connectivity index (χ0) is 18.4. The number of hydrogen-bond donors (Lipinski definition) is 1. The van der Waals surface area contributed by atoms with Crippen LogP contribution < -0.4 is 5.32 Å². The summed E-state index contributed by atoms with van der Waals surface area (Å²) in [6.07, 6.45) is 0.361. The van der Waals surface area contributed by atoms with E-state index in [1.165, 1.54) is 0 Å². The molecule has 0 aromatic heterocycles. The van der Waals surface area contributed by atoms with Gasteiger partial charge in [0.05, 0.1) is 11.7 Å². The Morgan fingerprint density at radius 3 is 2.73 bits per heavy atom. The molecule has 5 heteroatoms. The van der Waals surface area contributed by atoms with Gasteiger partial charge in [0.2, 0.25) is 0 Å². The number of carbonyl (C=O) groups is 2. The summed E-state index contributed by atoms with van der Waals surface area (Å²) in [5.41, 5.74) is 2.52. The Bertz CT molecular complexity index is 760. The fourth-order valence-corrected chi connectivity index (χ4v) is 2.96. The minimum Gasteiger partial charge on any atom is -0.448 e. The minimum atomic E-state index is -0.762. The molecule has 1 aliphatic heterocycles. The lowest BCUT2D eigenvalue weighted by atomic mass is 9.98. The van der Waals surface area contributed by atoms with E-state index in [0.29, 0.717) is 31.6 Å². The number of nitrogens with one attached hydrogen (secondary N) is 1. The van der Waals surface area contributed by atoms with Gasteiger partial charge in [-0.25, -0.2) is 4.79 Å². The summed E-state index contributed by atoms with van der Waals surface area (Å²) in [7, 11) is 0. The average Bonchev–Trinajstić information content (AvgIpc) is 2.68. The molecule has 136 valence electrons. The summed E-state index contributed by atoms with van der Waals surface area (Å²) in [5.74, 6) is -0.698. The molecule has 0 bridgehead atoms. The third-order valence-corrected chi connectivity index (χ3v) is 4.44. The largest absolute Gasteiger partial charge is 0.448 e. The predicted octanol–water partition coefficient (Wildman–Crippen LogP) is 3.05. The average molecular weight is 353 g/mol. The maximum Gasteiger partial charge on any atom is 0.339 e. The van der Waals surface area contributed by atoms with Crippen molar-refractivity contribution in [1.29, 1.82) is 0 Å². The highest BCUT2D eigenvalue weighted by atomic mass is 16.5. The Morgan fingerprint density at radius 1 is 1.19 bits per heavy atom. The molecule has 26 heavy (non-hydrogen) atoms. The van der Waals surface area contributed by atoms with Crippen LogP contribution in [0.15, 0.2) is 54.6 Å². The molecule has 2 aromatic rings. The number of fused-ring (bicyclic) bond motifs is 1. The lowest BCUT2D eigenvalue weighted by Crippen LogP contribution is -2.42. The van der Waals surface area contributed by atoms with Gasteiger partial charge in [0.1, 0.15) is 0 Å². The number of ether oxygens (including phenoxy) is 2. The van der Waals surface area contributed by atoms with Crippen molar-refractivity contribution in [2.24, 2.45) is 0 Å². The van der Waals surface area contributed by atoms with Crippen molar-refractivity contribution in [3.8, 4) is 0 Å². The van der Waals surface area contributed by atoms with E-state index < -0.39 is 12.1 Å². The first-order valence-electron chi connectivity index (χ1n) is 8.88. The number of rotatable bonds is 7. The number of carbonyl (C=O) groups excluding carboxylic acids is 2. The first-order chi connectivity index (χ1) is 12.6. The van der Waals surface area contributed by atoms with Crippen LogP contribution in [-0.4, -0.2) is 31.1 Å². The van der Waals surface area contributed by atoms with Crippen molar-refractivity contribution >= 4 is 11.9 Å². The first-order valence-corrected chi connectivity index (χ1v) is 8.88. The number of cyclic esters (lactones) is 1. The highest BCUT2D eigenvalue weighted by Crippen LogP contribution is 2.20. The van der Waals surface area contributed by atoms with Crippen LogP contribution in [0.2, 0.25) is 0 Å². The fraction of sp³-hybridized carbons (Fsp3) is 0.333. The Hall–Kier alpha value is -2.66. The lowest BCUT2D eigenvalue weighted by Gasteiger charge is -2.23. The summed E-state index contributed by atoms with van der Waals surface area (Å²) >= 11 is 0. The number of amides is 1. The smallest absolute Gasteiger partial charge is 0.339 e. The second-order valence-corrected chi connectivity index (χ2v) is 6.32. The Balaban J connectivity index is 1.39. The highest BCUT2D eigenvalue weighted by Gasteiger charge is 2.30. The van der Waals surface area contributed by atoms with E-state index in [1.54, 1.807) is 12.1 Å². The number of benzene rings is 2. The molecule has 1 amide bonds. The lowest BCUT2D eigenvalue weighted by molar-refractivity contribution is -0.130. The van der Waals surface area contributed by atoms with Gasteiger partial charge in [0, 0.05) is 19.6 Å². The second kappa shape index (κ2) is 8.63. The molecule has 0 spiro atoms. The fourth-order valence-electron chi connectivity index (χ4n) is 2.96. The van der Waals surface area contributed by atoms with Gasteiger partial charge in [-0.3, -0.25) is 4.79 Å². The summed E-state index contributed by atoms with van der Waals surface area (Å²) in [6, 6.07) is 17.2. The van der Waals surface area contributed by atoms with Crippen molar-refractivity contribution in [1.82, 2.24) is 5.32 Å². The van der Waals surface area contributed by atoms with Gasteiger partial charge in [-0.05, 0) is 30.5 Å². The maximum absolute atomic E-state index is 12.2. The summed E-state index contributed by atoms with van der Waals surface area (Å²) in [5, 5.41) is 2.82. The quantitative estimate of drug-likeness (QED) is 0.614. The van der Waals surface area contributed by atoms with Crippen molar-refractivity contribution in [3.63, 3.8) is 0 Å². The van der Waals surface area contributed by atoms with Gasteiger partial charge >= 0.3 is 5.97 Å². The van der Waals surface area contributed by atoms with E-state index in [9.17, 15) is 9.59 Å². The standard InChI is InChI=1S/C21H23NO4/c1-15(16-8-3-2-4-9-16)25-13-7-12-22-20(23)19-14-17-10-5-6-11-18(17)21(24)26-19/h2-6,8-11,15,19H,7,12-14H2,1H3,(H,22,23). The molecule has 2 unspecified atom stereocenters. The molecule has 0 saturated heterocycles. The first kappa shape index (κ1) is 18.1. The van der Waals surface area contributed by atoms with Crippen LogP contribution in [0.1, 0.15) is 40.9 Å². The van der Waals surface area contributed by atoms with Gasteiger partial charge in [0.25, 0.3) is 5.91 Å². The highest BCUT2D eigenvalue weighted by molar-refractivity contribution is 5.95.